The van der Waals surface area contributed by atoms with Crippen molar-refractivity contribution in [2.75, 3.05) is 13.2 Å². The summed E-state index contributed by atoms with van der Waals surface area (Å²) in [4.78, 5) is 0. The zero-order chi connectivity index (χ0) is 13.0. The van der Waals surface area contributed by atoms with E-state index in [0.29, 0.717) is 30.9 Å². The molecule has 1 unspecified atom stereocenters. The minimum atomic E-state index is 0.334. The quantitative estimate of drug-likeness (QED) is 0.880. The summed E-state index contributed by atoms with van der Waals surface area (Å²) in [6.45, 7) is 1.02. The number of aliphatic hydroxyl groups excluding tert-OH is 1. The number of nitrogens with two attached hydrogens (primary N) is 1. The number of aliphatic hydroxyl groups is 1. The van der Waals surface area contributed by atoms with E-state index in [9.17, 15) is 5.11 Å². The van der Waals surface area contributed by atoms with E-state index >= 15 is 0 Å². The Balaban J connectivity index is 2.03. The molecule has 0 radical (unpaired) electrons. The Morgan fingerprint density at radius 3 is 2.28 bits per heavy atom. The molecule has 0 amide bonds. The fourth-order valence-electron chi connectivity index (χ4n) is 3.08. The van der Waals surface area contributed by atoms with Crippen molar-refractivity contribution in [1.82, 2.24) is 0 Å². The van der Waals surface area contributed by atoms with Gasteiger partial charge in [-0.3, -0.25) is 0 Å². The van der Waals surface area contributed by atoms with Crippen LogP contribution in [-0.4, -0.2) is 18.3 Å². The van der Waals surface area contributed by atoms with Gasteiger partial charge in [0.05, 0.1) is 0 Å². The lowest BCUT2D eigenvalue weighted by Gasteiger charge is -2.33. The molecule has 1 saturated carbocycles. The highest BCUT2D eigenvalue weighted by molar-refractivity contribution is 6.30. The molecule has 1 aromatic rings. The van der Waals surface area contributed by atoms with Crippen LogP contribution in [0, 0.1) is 11.8 Å². The van der Waals surface area contributed by atoms with Gasteiger partial charge in [0.15, 0.2) is 0 Å². The largest absolute Gasteiger partial charge is 0.396 e. The molecule has 3 N–H and O–H groups in total. The van der Waals surface area contributed by atoms with E-state index < -0.39 is 0 Å². The van der Waals surface area contributed by atoms with Crippen LogP contribution in [0.3, 0.4) is 0 Å². The predicted molar refractivity (Wildman–Crippen MR) is 75.8 cm³/mol. The van der Waals surface area contributed by atoms with E-state index in [0.717, 1.165) is 17.9 Å². The van der Waals surface area contributed by atoms with Gasteiger partial charge >= 0.3 is 0 Å². The van der Waals surface area contributed by atoms with Crippen LogP contribution in [0.25, 0.3) is 0 Å². The zero-order valence-corrected chi connectivity index (χ0v) is 11.4. The van der Waals surface area contributed by atoms with E-state index in [4.69, 9.17) is 17.3 Å². The molecule has 0 bridgehead atoms. The predicted octanol–water partition coefficient (Wildman–Crippen LogP) is 3.18. The van der Waals surface area contributed by atoms with Gasteiger partial charge in [0.1, 0.15) is 0 Å². The summed E-state index contributed by atoms with van der Waals surface area (Å²) in [7, 11) is 0. The lowest BCUT2D eigenvalue weighted by Crippen LogP contribution is -2.26. The average Bonchev–Trinajstić information content (AvgIpc) is 2.42. The van der Waals surface area contributed by atoms with Crippen molar-refractivity contribution in [3.05, 3.63) is 34.9 Å². The number of hydrogen-bond acceptors (Lipinski definition) is 2. The molecule has 1 aromatic carbocycles. The third kappa shape index (κ3) is 3.25. The van der Waals surface area contributed by atoms with E-state index in [1.54, 1.807) is 0 Å². The second-order valence-corrected chi connectivity index (χ2v) is 5.79. The Labute approximate surface area is 114 Å². The standard InChI is InChI=1S/C15H22ClNO/c16-14-7-5-13(6-8-14)15(9-17)12-3-1-11(10-18)2-4-12/h5-8,11-12,15,18H,1-4,9-10,17H2. The fraction of sp³-hybridized carbons (Fsp3) is 0.600. The maximum absolute atomic E-state index is 9.18. The van der Waals surface area contributed by atoms with Crippen LogP contribution in [-0.2, 0) is 0 Å². The summed E-state index contributed by atoms with van der Waals surface area (Å²) in [6.07, 6.45) is 4.61. The molecule has 18 heavy (non-hydrogen) atoms. The normalized spacial score (nSPS) is 25.9. The molecule has 0 aromatic heterocycles. The van der Waals surface area contributed by atoms with Gasteiger partial charge in [-0.2, -0.15) is 0 Å². The van der Waals surface area contributed by atoms with Gasteiger partial charge in [-0.15, -0.1) is 0 Å². The minimum Gasteiger partial charge on any atom is -0.396 e. The van der Waals surface area contributed by atoms with E-state index in [-0.39, 0.29) is 0 Å². The fourth-order valence-corrected chi connectivity index (χ4v) is 3.21. The number of halogens is 1. The SMILES string of the molecule is NCC(c1ccc(Cl)cc1)C1CCC(CO)CC1. The van der Waals surface area contributed by atoms with Gasteiger partial charge in [-0.25, -0.2) is 0 Å². The van der Waals surface area contributed by atoms with E-state index in [1.807, 2.05) is 12.1 Å². The molecule has 1 aliphatic rings. The van der Waals surface area contributed by atoms with E-state index in [1.165, 1.54) is 18.4 Å². The van der Waals surface area contributed by atoms with Gasteiger partial charge < -0.3 is 10.8 Å². The molecule has 2 rings (SSSR count). The van der Waals surface area contributed by atoms with Crippen molar-refractivity contribution < 1.29 is 5.11 Å². The van der Waals surface area contributed by atoms with Crippen LogP contribution in [0.5, 0.6) is 0 Å². The molecule has 0 aliphatic heterocycles. The first kappa shape index (κ1) is 13.9. The molecule has 0 heterocycles. The van der Waals surface area contributed by atoms with Crippen molar-refractivity contribution in [2.24, 2.45) is 17.6 Å². The Bertz CT molecular complexity index is 357. The van der Waals surface area contributed by atoms with Crippen LogP contribution in [0.4, 0.5) is 0 Å². The van der Waals surface area contributed by atoms with Crippen LogP contribution < -0.4 is 5.73 Å². The highest BCUT2D eigenvalue weighted by atomic mass is 35.5. The maximum Gasteiger partial charge on any atom is 0.0459 e. The van der Waals surface area contributed by atoms with Crippen molar-refractivity contribution >= 4 is 11.6 Å². The molecule has 100 valence electrons. The Kier molecular flexibility index (Phi) is 5.04. The summed E-state index contributed by atoms with van der Waals surface area (Å²) in [5, 5.41) is 9.96. The first-order valence-corrected chi connectivity index (χ1v) is 7.18. The van der Waals surface area contributed by atoms with E-state index in [2.05, 4.69) is 12.1 Å². The third-order valence-electron chi connectivity index (χ3n) is 4.27. The van der Waals surface area contributed by atoms with Crippen molar-refractivity contribution in [1.29, 1.82) is 0 Å². The van der Waals surface area contributed by atoms with Gasteiger partial charge in [-0.1, -0.05) is 23.7 Å². The van der Waals surface area contributed by atoms with Crippen LogP contribution in [0.15, 0.2) is 24.3 Å². The number of rotatable bonds is 4. The molecule has 0 spiro atoms. The molecule has 3 heteroatoms. The lowest BCUT2D eigenvalue weighted by molar-refractivity contribution is 0.158. The molecule has 1 fully saturated rings. The molecule has 1 atom stereocenters. The summed E-state index contributed by atoms with van der Waals surface area (Å²) in [5.41, 5.74) is 7.26. The molecule has 2 nitrogen and oxygen atoms in total. The Morgan fingerprint density at radius 1 is 1.17 bits per heavy atom. The van der Waals surface area contributed by atoms with Gasteiger partial charge in [-0.05, 0) is 67.7 Å². The molecular weight excluding hydrogens is 246 g/mol. The minimum absolute atomic E-state index is 0.334. The molecular formula is C15H22ClNO. The first-order chi connectivity index (χ1) is 8.74. The maximum atomic E-state index is 9.18. The highest BCUT2D eigenvalue weighted by Gasteiger charge is 2.27. The van der Waals surface area contributed by atoms with Crippen LogP contribution >= 0.6 is 11.6 Å². The molecule has 0 saturated heterocycles. The first-order valence-electron chi connectivity index (χ1n) is 6.81. The van der Waals surface area contributed by atoms with Crippen molar-refractivity contribution in [3.63, 3.8) is 0 Å². The van der Waals surface area contributed by atoms with Gasteiger partial charge in [0.2, 0.25) is 0 Å². The van der Waals surface area contributed by atoms with Crippen molar-refractivity contribution in [3.8, 4) is 0 Å². The average molecular weight is 268 g/mol. The zero-order valence-electron chi connectivity index (χ0n) is 10.7. The molecule has 1 aliphatic carbocycles. The van der Waals surface area contributed by atoms with Gasteiger partial charge in [0.25, 0.3) is 0 Å². The summed E-state index contributed by atoms with van der Waals surface area (Å²) >= 11 is 5.92. The Morgan fingerprint density at radius 2 is 1.78 bits per heavy atom. The second kappa shape index (κ2) is 6.55. The smallest absolute Gasteiger partial charge is 0.0459 e. The van der Waals surface area contributed by atoms with Gasteiger partial charge in [0, 0.05) is 11.6 Å². The monoisotopic (exact) mass is 267 g/mol. The summed E-state index contributed by atoms with van der Waals surface area (Å²) in [5.74, 6) is 1.59. The number of benzene rings is 1. The van der Waals surface area contributed by atoms with Crippen LogP contribution in [0.2, 0.25) is 5.02 Å². The Hall–Kier alpha value is -0.570. The van der Waals surface area contributed by atoms with Crippen molar-refractivity contribution in [2.45, 2.75) is 31.6 Å². The van der Waals surface area contributed by atoms with Crippen LogP contribution in [0.1, 0.15) is 37.2 Å². The summed E-state index contributed by atoms with van der Waals surface area (Å²) < 4.78 is 0. The second-order valence-electron chi connectivity index (χ2n) is 5.36. The third-order valence-corrected chi connectivity index (χ3v) is 4.52. The number of hydrogen-bond donors (Lipinski definition) is 2. The highest BCUT2D eigenvalue weighted by Crippen LogP contribution is 2.37. The summed E-state index contributed by atoms with van der Waals surface area (Å²) in [6, 6.07) is 8.08. The lowest BCUT2D eigenvalue weighted by atomic mass is 9.74. The topological polar surface area (TPSA) is 46.2 Å².